The van der Waals surface area contributed by atoms with E-state index in [1.165, 1.54) is 0 Å². The molecule has 1 aromatic heterocycles. The molecule has 0 radical (unpaired) electrons. The van der Waals surface area contributed by atoms with Crippen LogP contribution in [0.1, 0.15) is 5.56 Å². The molecule has 18 heavy (non-hydrogen) atoms. The molecule has 0 fully saturated rings. The lowest BCUT2D eigenvalue weighted by molar-refractivity contribution is 0.299. The molecule has 0 atom stereocenters. The summed E-state index contributed by atoms with van der Waals surface area (Å²) in [5.74, 6) is 6.58. The van der Waals surface area contributed by atoms with E-state index in [1.54, 1.807) is 12.3 Å². The van der Waals surface area contributed by atoms with Crippen LogP contribution in [-0.4, -0.2) is 21.7 Å². The van der Waals surface area contributed by atoms with Gasteiger partial charge in [-0.2, -0.15) is 4.98 Å². The number of aliphatic hydroxyl groups excluding tert-OH is 1. The minimum Gasteiger partial charge on any atom is -0.439 e. The predicted molar refractivity (Wildman–Crippen MR) is 67.1 cm³/mol. The lowest BCUT2D eigenvalue weighted by Crippen LogP contribution is -2.10. The largest absolute Gasteiger partial charge is 0.439 e. The van der Waals surface area contributed by atoms with Gasteiger partial charge in [-0.3, -0.25) is 5.43 Å². The molecule has 94 valence electrons. The normalized spacial score (nSPS) is 10.1. The standard InChI is InChI=1S/C12H14N4O2/c13-16-12-14-7-5-11(15-12)18-10-3-1-9(2-4-10)6-8-17/h1-5,7,17H,6,8,13H2,(H,14,15,16). The van der Waals surface area contributed by atoms with Crippen LogP contribution in [0.3, 0.4) is 0 Å². The van der Waals surface area contributed by atoms with Gasteiger partial charge in [0.05, 0.1) is 0 Å². The minimum atomic E-state index is 0.137. The Labute approximate surface area is 104 Å². The Morgan fingerprint density at radius 1 is 1.22 bits per heavy atom. The number of hydrazine groups is 1. The van der Waals surface area contributed by atoms with E-state index in [9.17, 15) is 0 Å². The second-order valence-electron chi connectivity index (χ2n) is 3.58. The van der Waals surface area contributed by atoms with Gasteiger partial charge in [0.15, 0.2) is 0 Å². The smallest absolute Gasteiger partial charge is 0.240 e. The fourth-order valence-corrected chi connectivity index (χ4v) is 1.44. The summed E-state index contributed by atoms with van der Waals surface area (Å²) in [5, 5.41) is 8.81. The number of rotatable bonds is 5. The average Bonchev–Trinajstić information content (AvgIpc) is 2.42. The van der Waals surface area contributed by atoms with Gasteiger partial charge in [-0.15, -0.1) is 0 Å². The number of nitrogens with two attached hydrogens (primary N) is 1. The van der Waals surface area contributed by atoms with E-state index in [0.29, 0.717) is 24.0 Å². The highest BCUT2D eigenvalue weighted by Crippen LogP contribution is 2.20. The molecule has 6 nitrogen and oxygen atoms in total. The van der Waals surface area contributed by atoms with Crippen LogP contribution in [0, 0.1) is 0 Å². The number of benzene rings is 1. The zero-order chi connectivity index (χ0) is 12.8. The zero-order valence-electron chi connectivity index (χ0n) is 9.71. The minimum absolute atomic E-state index is 0.137. The fraction of sp³-hybridized carbons (Fsp3) is 0.167. The summed E-state index contributed by atoms with van der Waals surface area (Å²) >= 11 is 0. The SMILES string of the molecule is NNc1nccc(Oc2ccc(CCO)cc2)n1. The quantitative estimate of drug-likeness (QED) is 0.540. The molecule has 4 N–H and O–H groups in total. The molecule has 1 heterocycles. The number of nitrogen functional groups attached to an aromatic ring is 1. The van der Waals surface area contributed by atoms with Crippen LogP contribution in [0.15, 0.2) is 36.5 Å². The Kier molecular flexibility index (Phi) is 4.06. The van der Waals surface area contributed by atoms with E-state index >= 15 is 0 Å². The highest BCUT2D eigenvalue weighted by Gasteiger charge is 2.01. The van der Waals surface area contributed by atoms with E-state index in [4.69, 9.17) is 15.7 Å². The Bertz CT molecular complexity index is 502. The van der Waals surface area contributed by atoms with Crippen LogP contribution >= 0.6 is 0 Å². The van der Waals surface area contributed by atoms with Crippen LogP contribution in [0.5, 0.6) is 11.6 Å². The summed E-state index contributed by atoms with van der Waals surface area (Å²) in [7, 11) is 0. The molecule has 2 aromatic rings. The third-order valence-corrected chi connectivity index (χ3v) is 2.31. The topological polar surface area (TPSA) is 93.3 Å². The summed E-state index contributed by atoms with van der Waals surface area (Å²) in [6.07, 6.45) is 2.19. The maximum atomic E-state index is 8.81. The Hall–Kier alpha value is -2.18. The van der Waals surface area contributed by atoms with E-state index in [2.05, 4.69) is 15.4 Å². The van der Waals surface area contributed by atoms with Gasteiger partial charge in [-0.1, -0.05) is 12.1 Å². The third-order valence-electron chi connectivity index (χ3n) is 2.31. The summed E-state index contributed by atoms with van der Waals surface area (Å²) in [5.41, 5.74) is 3.40. The first-order chi connectivity index (χ1) is 8.81. The summed E-state index contributed by atoms with van der Waals surface area (Å²) in [4.78, 5) is 7.92. The first-order valence-corrected chi connectivity index (χ1v) is 5.49. The van der Waals surface area contributed by atoms with Crippen LogP contribution in [0.4, 0.5) is 5.95 Å². The van der Waals surface area contributed by atoms with Crippen LogP contribution < -0.4 is 16.0 Å². The average molecular weight is 246 g/mol. The van der Waals surface area contributed by atoms with Crippen molar-refractivity contribution in [2.24, 2.45) is 5.84 Å². The molecule has 2 rings (SSSR count). The van der Waals surface area contributed by atoms with Gasteiger partial charge in [0.1, 0.15) is 5.75 Å². The summed E-state index contributed by atoms with van der Waals surface area (Å²) < 4.78 is 5.54. The van der Waals surface area contributed by atoms with E-state index in [-0.39, 0.29) is 6.61 Å². The summed E-state index contributed by atoms with van der Waals surface area (Å²) in [6, 6.07) is 9.08. The van der Waals surface area contributed by atoms with Crippen molar-refractivity contribution in [3.05, 3.63) is 42.1 Å². The number of aliphatic hydroxyl groups is 1. The number of ether oxygens (including phenoxy) is 1. The van der Waals surface area contributed by atoms with Crippen molar-refractivity contribution >= 4 is 5.95 Å². The molecule has 0 aliphatic rings. The zero-order valence-corrected chi connectivity index (χ0v) is 9.71. The van der Waals surface area contributed by atoms with E-state index in [0.717, 1.165) is 5.56 Å². The molecular weight excluding hydrogens is 232 g/mol. The number of hydrogen-bond donors (Lipinski definition) is 3. The Morgan fingerprint density at radius 3 is 2.67 bits per heavy atom. The number of anilines is 1. The van der Waals surface area contributed by atoms with Crippen molar-refractivity contribution in [3.8, 4) is 11.6 Å². The molecule has 0 aliphatic heterocycles. The fourth-order valence-electron chi connectivity index (χ4n) is 1.44. The number of aromatic nitrogens is 2. The lowest BCUT2D eigenvalue weighted by Gasteiger charge is -2.06. The number of hydrogen-bond acceptors (Lipinski definition) is 6. The maximum Gasteiger partial charge on any atom is 0.240 e. The summed E-state index contributed by atoms with van der Waals surface area (Å²) in [6.45, 7) is 0.137. The monoisotopic (exact) mass is 246 g/mol. The van der Waals surface area contributed by atoms with Crippen molar-refractivity contribution < 1.29 is 9.84 Å². The van der Waals surface area contributed by atoms with Gasteiger partial charge in [0.2, 0.25) is 11.8 Å². The second-order valence-corrected chi connectivity index (χ2v) is 3.58. The van der Waals surface area contributed by atoms with Crippen molar-refractivity contribution in [2.45, 2.75) is 6.42 Å². The molecule has 6 heteroatoms. The van der Waals surface area contributed by atoms with Crippen molar-refractivity contribution in [1.82, 2.24) is 9.97 Å². The second kappa shape index (κ2) is 5.95. The van der Waals surface area contributed by atoms with Crippen molar-refractivity contribution in [2.75, 3.05) is 12.0 Å². The van der Waals surface area contributed by atoms with Gasteiger partial charge >= 0.3 is 0 Å². The van der Waals surface area contributed by atoms with Gasteiger partial charge < -0.3 is 9.84 Å². The molecule has 1 aromatic carbocycles. The third kappa shape index (κ3) is 3.16. The lowest BCUT2D eigenvalue weighted by atomic mass is 10.1. The molecule has 0 saturated heterocycles. The van der Waals surface area contributed by atoms with Gasteiger partial charge in [-0.05, 0) is 24.1 Å². The number of nitrogens with one attached hydrogen (secondary N) is 1. The van der Waals surface area contributed by atoms with Crippen LogP contribution in [0.25, 0.3) is 0 Å². The first-order valence-electron chi connectivity index (χ1n) is 5.49. The highest BCUT2D eigenvalue weighted by atomic mass is 16.5. The van der Waals surface area contributed by atoms with Gasteiger partial charge in [0, 0.05) is 18.9 Å². The molecule has 0 amide bonds. The predicted octanol–water partition coefficient (Wildman–Crippen LogP) is 1.09. The molecule has 0 aliphatic carbocycles. The molecule has 0 unspecified atom stereocenters. The molecule has 0 bridgehead atoms. The Balaban J connectivity index is 2.08. The van der Waals surface area contributed by atoms with E-state index < -0.39 is 0 Å². The Morgan fingerprint density at radius 2 is 2.00 bits per heavy atom. The molecular formula is C12H14N4O2. The van der Waals surface area contributed by atoms with Crippen LogP contribution in [0.2, 0.25) is 0 Å². The van der Waals surface area contributed by atoms with E-state index in [1.807, 2.05) is 24.3 Å². The number of nitrogens with zero attached hydrogens (tertiary/aromatic N) is 2. The maximum absolute atomic E-state index is 8.81. The molecule has 0 spiro atoms. The van der Waals surface area contributed by atoms with Gasteiger partial charge in [-0.25, -0.2) is 10.8 Å². The van der Waals surface area contributed by atoms with Crippen molar-refractivity contribution in [1.29, 1.82) is 0 Å². The van der Waals surface area contributed by atoms with Crippen molar-refractivity contribution in [3.63, 3.8) is 0 Å². The van der Waals surface area contributed by atoms with Gasteiger partial charge in [0.25, 0.3) is 0 Å². The van der Waals surface area contributed by atoms with Crippen LogP contribution in [-0.2, 0) is 6.42 Å². The molecule has 0 saturated carbocycles. The highest BCUT2D eigenvalue weighted by molar-refractivity contribution is 5.32. The first kappa shape index (κ1) is 12.3.